The number of piperazine rings is 1. The van der Waals surface area contributed by atoms with E-state index in [9.17, 15) is 14.4 Å². The molecule has 3 rings (SSSR count). The van der Waals surface area contributed by atoms with Gasteiger partial charge in [0.25, 0.3) is 11.8 Å². The van der Waals surface area contributed by atoms with Gasteiger partial charge in [0.05, 0.1) is 17.9 Å². The van der Waals surface area contributed by atoms with Crippen LogP contribution in [0.1, 0.15) is 27.8 Å². The number of hydrogen-bond donors (Lipinski definition) is 2. The Morgan fingerprint density at radius 1 is 1.23 bits per heavy atom. The quantitative estimate of drug-likeness (QED) is 0.816. The number of rotatable bonds is 5. The number of carbonyl (C=O) groups is 3. The molecule has 1 fully saturated rings. The number of primary amides is 1. The van der Waals surface area contributed by atoms with Crippen LogP contribution in [0.4, 0.5) is 5.00 Å². The molecule has 0 spiro atoms. The minimum atomic E-state index is -0.570. The lowest BCUT2D eigenvalue weighted by Crippen LogP contribution is -2.54. The van der Waals surface area contributed by atoms with E-state index in [1.165, 1.54) is 17.6 Å². The van der Waals surface area contributed by atoms with Crippen LogP contribution < -0.4 is 11.1 Å². The Balaban J connectivity index is 1.55. The lowest BCUT2D eigenvalue weighted by Gasteiger charge is -2.37. The zero-order valence-corrected chi connectivity index (χ0v) is 15.1. The van der Waals surface area contributed by atoms with E-state index in [2.05, 4.69) is 5.32 Å². The average molecular weight is 376 g/mol. The molecule has 0 unspecified atom stereocenters. The molecular weight excluding hydrogens is 356 g/mol. The number of furan rings is 1. The maximum Gasteiger partial charge on any atom is 0.289 e. The number of thiophene rings is 1. The molecule has 0 aromatic carbocycles. The van der Waals surface area contributed by atoms with Crippen molar-refractivity contribution in [1.29, 1.82) is 0 Å². The summed E-state index contributed by atoms with van der Waals surface area (Å²) in [5.41, 5.74) is 5.61. The van der Waals surface area contributed by atoms with E-state index in [1.807, 2.05) is 4.90 Å². The van der Waals surface area contributed by atoms with Crippen molar-refractivity contribution in [1.82, 2.24) is 9.80 Å². The molecular formula is C17H20N4O4S. The number of nitrogens with two attached hydrogens (primary N) is 1. The molecule has 0 aliphatic carbocycles. The van der Waals surface area contributed by atoms with Gasteiger partial charge < -0.3 is 20.4 Å². The zero-order valence-electron chi connectivity index (χ0n) is 14.3. The standard InChI is InChI=1S/C17H20N4O4S/c1-11(15(23)19-16-12(14(18)22)4-10-26-16)20-5-7-21(8-6-20)17(24)13-3-2-9-25-13/h2-4,9-11H,5-8H2,1H3,(H2,18,22)(H,19,23)/t11-/m0/s1. The van der Waals surface area contributed by atoms with Crippen LogP contribution in [0.5, 0.6) is 0 Å². The first kappa shape index (κ1) is 18.2. The second-order valence-electron chi connectivity index (χ2n) is 6.00. The second-order valence-corrected chi connectivity index (χ2v) is 6.91. The number of carbonyl (C=O) groups excluding carboxylic acids is 3. The van der Waals surface area contributed by atoms with E-state index in [-0.39, 0.29) is 11.8 Å². The van der Waals surface area contributed by atoms with Crippen LogP contribution in [0.25, 0.3) is 0 Å². The highest BCUT2D eigenvalue weighted by atomic mass is 32.1. The minimum Gasteiger partial charge on any atom is -0.459 e. The van der Waals surface area contributed by atoms with Crippen molar-refractivity contribution < 1.29 is 18.8 Å². The Kier molecular flexibility index (Phi) is 5.38. The minimum absolute atomic E-state index is 0.142. The molecule has 26 heavy (non-hydrogen) atoms. The summed E-state index contributed by atoms with van der Waals surface area (Å²) >= 11 is 1.26. The molecule has 9 heteroatoms. The Labute approximate surface area is 154 Å². The van der Waals surface area contributed by atoms with Crippen molar-refractivity contribution in [3.63, 3.8) is 0 Å². The summed E-state index contributed by atoms with van der Waals surface area (Å²) in [6, 6.07) is 4.52. The molecule has 1 atom stereocenters. The molecule has 2 aromatic heterocycles. The highest BCUT2D eigenvalue weighted by Gasteiger charge is 2.29. The van der Waals surface area contributed by atoms with Crippen LogP contribution in [-0.2, 0) is 4.79 Å². The van der Waals surface area contributed by atoms with Crippen LogP contribution in [0, 0.1) is 0 Å². The summed E-state index contributed by atoms with van der Waals surface area (Å²) < 4.78 is 5.14. The lowest BCUT2D eigenvalue weighted by molar-refractivity contribution is -0.121. The van der Waals surface area contributed by atoms with Crippen LogP contribution in [-0.4, -0.2) is 59.7 Å². The third kappa shape index (κ3) is 3.78. The van der Waals surface area contributed by atoms with Gasteiger partial charge in [-0.1, -0.05) is 0 Å². The predicted molar refractivity (Wildman–Crippen MR) is 97.1 cm³/mol. The first-order chi connectivity index (χ1) is 12.5. The maximum absolute atomic E-state index is 12.5. The summed E-state index contributed by atoms with van der Waals surface area (Å²) in [7, 11) is 0. The van der Waals surface area contributed by atoms with Crippen LogP contribution in [0.3, 0.4) is 0 Å². The van der Waals surface area contributed by atoms with E-state index in [0.717, 1.165) is 0 Å². The molecule has 3 N–H and O–H groups in total. The van der Waals surface area contributed by atoms with Crippen molar-refractivity contribution in [3.05, 3.63) is 41.2 Å². The van der Waals surface area contributed by atoms with E-state index >= 15 is 0 Å². The van der Waals surface area contributed by atoms with Crippen molar-refractivity contribution in [2.24, 2.45) is 5.73 Å². The maximum atomic E-state index is 12.5. The monoisotopic (exact) mass is 376 g/mol. The van der Waals surface area contributed by atoms with Gasteiger partial charge in [0.15, 0.2) is 5.76 Å². The molecule has 1 aliphatic rings. The van der Waals surface area contributed by atoms with Gasteiger partial charge in [0, 0.05) is 26.2 Å². The largest absolute Gasteiger partial charge is 0.459 e. The summed E-state index contributed by atoms with van der Waals surface area (Å²) in [6.45, 7) is 3.99. The van der Waals surface area contributed by atoms with Crippen molar-refractivity contribution in [2.45, 2.75) is 13.0 Å². The fourth-order valence-corrected chi connectivity index (χ4v) is 3.65. The molecule has 0 saturated carbocycles. The first-order valence-corrected chi connectivity index (χ1v) is 9.10. The average Bonchev–Trinajstić information content (AvgIpc) is 3.32. The van der Waals surface area contributed by atoms with E-state index in [1.54, 1.807) is 35.4 Å². The Morgan fingerprint density at radius 2 is 1.96 bits per heavy atom. The topological polar surface area (TPSA) is 109 Å². The molecule has 0 bridgehead atoms. The summed E-state index contributed by atoms with van der Waals surface area (Å²) in [5, 5.41) is 4.93. The van der Waals surface area contributed by atoms with Crippen molar-refractivity contribution in [2.75, 3.05) is 31.5 Å². The molecule has 2 aromatic rings. The number of anilines is 1. The SMILES string of the molecule is C[C@@H](C(=O)Nc1sccc1C(N)=O)N1CCN(C(=O)c2ccco2)CC1. The van der Waals surface area contributed by atoms with Gasteiger partial charge >= 0.3 is 0 Å². The van der Waals surface area contributed by atoms with E-state index in [0.29, 0.717) is 42.5 Å². The summed E-state index contributed by atoms with van der Waals surface area (Å²) in [5.74, 6) is -0.600. The summed E-state index contributed by atoms with van der Waals surface area (Å²) in [4.78, 5) is 39.8. The van der Waals surface area contributed by atoms with Gasteiger partial charge in [-0.25, -0.2) is 0 Å². The van der Waals surface area contributed by atoms with Gasteiger partial charge in [-0.05, 0) is 30.5 Å². The molecule has 1 saturated heterocycles. The van der Waals surface area contributed by atoms with E-state index in [4.69, 9.17) is 10.2 Å². The Morgan fingerprint density at radius 3 is 2.58 bits per heavy atom. The molecule has 3 amide bonds. The highest BCUT2D eigenvalue weighted by Crippen LogP contribution is 2.23. The molecule has 3 heterocycles. The second kappa shape index (κ2) is 7.71. The smallest absolute Gasteiger partial charge is 0.289 e. The summed E-state index contributed by atoms with van der Waals surface area (Å²) in [6.07, 6.45) is 1.47. The van der Waals surface area contributed by atoms with Gasteiger partial charge in [-0.15, -0.1) is 11.3 Å². The number of nitrogens with one attached hydrogen (secondary N) is 1. The van der Waals surface area contributed by atoms with Crippen molar-refractivity contribution in [3.8, 4) is 0 Å². The number of hydrogen-bond acceptors (Lipinski definition) is 6. The first-order valence-electron chi connectivity index (χ1n) is 8.22. The van der Waals surface area contributed by atoms with Gasteiger partial charge in [0.2, 0.25) is 5.91 Å². The third-order valence-corrected chi connectivity index (χ3v) is 5.26. The number of amides is 3. The van der Waals surface area contributed by atoms with Crippen LogP contribution in [0.2, 0.25) is 0 Å². The van der Waals surface area contributed by atoms with Gasteiger partial charge in [-0.3, -0.25) is 19.3 Å². The van der Waals surface area contributed by atoms with Gasteiger partial charge in [0.1, 0.15) is 5.00 Å². The third-order valence-electron chi connectivity index (χ3n) is 4.43. The van der Waals surface area contributed by atoms with Crippen molar-refractivity contribution >= 4 is 34.1 Å². The molecule has 0 radical (unpaired) electrons. The van der Waals surface area contributed by atoms with Gasteiger partial charge in [-0.2, -0.15) is 0 Å². The number of nitrogens with zero attached hydrogens (tertiary/aromatic N) is 2. The zero-order chi connectivity index (χ0) is 18.7. The van der Waals surface area contributed by atoms with Crippen LogP contribution >= 0.6 is 11.3 Å². The molecule has 8 nitrogen and oxygen atoms in total. The van der Waals surface area contributed by atoms with Crippen LogP contribution in [0.15, 0.2) is 34.3 Å². The molecule has 1 aliphatic heterocycles. The Hall–Kier alpha value is -2.65. The normalized spacial score (nSPS) is 16.3. The fourth-order valence-electron chi connectivity index (χ4n) is 2.85. The molecule has 138 valence electrons. The fraction of sp³-hybridized carbons (Fsp3) is 0.353. The van der Waals surface area contributed by atoms with E-state index < -0.39 is 11.9 Å². The Bertz CT molecular complexity index is 794. The predicted octanol–water partition coefficient (Wildman–Crippen LogP) is 1.22. The lowest BCUT2D eigenvalue weighted by atomic mass is 10.2. The highest BCUT2D eigenvalue weighted by molar-refractivity contribution is 7.14.